The zero-order valence-corrected chi connectivity index (χ0v) is 23.9. The van der Waals surface area contributed by atoms with Gasteiger partial charge in [-0.05, 0) is 73.0 Å². The van der Waals surface area contributed by atoms with Crippen molar-refractivity contribution in [3.8, 4) is 12.8 Å². The first-order valence-electron chi connectivity index (χ1n) is 13.9. The number of likely N-dealkylation sites (N-methyl/N-ethyl adjacent to an activating group) is 1. The Hall–Kier alpha value is -5.07. The van der Waals surface area contributed by atoms with Crippen LogP contribution in [0.1, 0.15) is 36.6 Å². The number of aliphatic imine (C=N–C) groups is 1. The number of rotatable bonds is 5. The lowest BCUT2D eigenvalue weighted by atomic mass is 9.94. The summed E-state index contributed by atoms with van der Waals surface area (Å²) >= 11 is 0. The zero-order valence-electron chi connectivity index (χ0n) is 23.9. The number of terminal acetylenes is 1. The number of para-hydroxylation sites is 1. The molecule has 2 atom stereocenters. The van der Waals surface area contributed by atoms with E-state index in [4.69, 9.17) is 4.99 Å². The van der Waals surface area contributed by atoms with Gasteiger partial charge in [0.05, 0.1) is 17.8 Å². The lowest BCUT2D eigenvalue weighted by Crippen LogP contribution is -2.34. The maximum Gasteiger partial charge on any atom is 0.137 e. The van der Waals surface area contributed by atoms with Crippen LogP contribution in [-0.4, -0.2) is 23.8 Å². The Kier molecular flexibility index (Phi) is 8.32. The Bertz CT molecular complexity index is 1630. The fourth-order valence-corrected chi connectivity index (χ4v) is 5.67. The van der Waals surface area contributed by atoms with Crippen LogP contribution < -0.4 is 4.90 Å². The summed E-state index contributed by atoms with van der Waals surface area (Å²) in [6.45, 7) is 4.12. The molecule has 2 aliphatic heterocycles. The topological polar surface area (TPSA) is 18.8 Å². The van der Waals surface area contributed by atoms with E-state index in [9.17, 15) is 0 Å². The Balaban J connectivity index is 0.00000165. The number of hydrogen-bond donors (Lipinski definition) is 0. The van der Waals surface area contributed by atoms with Crippen LogP contribution in [0.4, 0.5) is 11.4 Å². The maximum absolute atomic E-state index is 5.18. The van der Waals surface area contributed by atoms with Crippen molar-refractivity contribution in [2.24, 2.45) is 4.99 Å². The Labute approximate surface area is 244 Å². The second-order valence-corrected chi connectivity index (χ2v) is 9.99. The molecule has 3 nitrogen and oxygen atoms in total. The summed E-state index contributed by atoms with van der Waals surface area (Å²) in [5, 5.41) is 0. The summed E-state index contributed by atoms with van der Waals surface area (Å²) in [5.74, 6) is 0.969. The maximum atomic E-state index is 5.18. The van der Waals surface area contributed by atoms with Gasteiger partial charge >= 0.3 is 0 Å². The van der Waals surface area contributed by atoms with Crippen molar-refractivity contribution in [2.45, 2.75) is 25.9 Å². The van der Waals surface area contributed by atoms with Crippen LogP contribution in [0.25, 0.3) is 5.57 Å². The normalized spacial score (nSPS) is 19.4. The number of benzene rings is 3. The first kappa shape index (κ1) is 27.5. The summed E-state index contributed by atoms with van der Waals surface area (Å²) in [4.78, 5) is 9.88. The zero-order chi connectivity index (χ0) is 28.8. The molecular formula is C38H35N3. The number of hydrogen-bond acceptors (Lipinski definition) is 3. The minimum absolute atomic E-state index is 0.0924. The van der Waals surface area contributed by atoms with E-state index in [1.807, 2.05) is 6.92 Å². The third kappa shape index (κ3) is 5.38. The highest BCUT2D eigenvalue weighted by molar-refractivity contribution is 6.01. The first-order valence-corrected chi connectivity index (χ1v) is 13.9. The van der Waals surface area contributed by atoms with Gasteiger partial charge in [0.1, 0.15) is 5.84 Å². The van der Waals surface area contributed by atoms with Gasteiger partial charge in [0.2, 0.25) is 0 Å². The van der Waals surface area contributed by atoms with E-state index >= 15 is 0 Å². The Morgan fingerprint density at radius 3 is 2.32 bits per heavy atom. The third-order valence-corrected chi connectivity index (χ3v) is 7.61. The molecule has 41 heavy (non-hydrogen) atoms. The van der Waals surface area contributed by atoms with Crippen LogP contribution >= 0.6 is 0 Å². The molecule has 0 fully saturated rings. The predicted molar refractivity (Wildman–Crippen MR) is 175 cm³/mol. The van der Waals surface area contributed by atoms with Gasteiger partial charge < -0.3 is 9.80 Å². The van der Waals surface area contributed by atoms with Crippen LogP contribution in [0.3, 0.4) is 0 Å². The second-order valence-electron chi connectivity index (χ2n) is 9.99. The lowest BCUT2D eigenvalue weighted by Gasteiger charge is -2.36. The molecule has 1 aliphatic carbocycles. The van der Waals surface area contributed by atoms with Crippen molar-refractivity contribution < 1.29 is 0 Å². The molecule has 0 spiro atoms. The fourth-order valence-electron chi connectivity index (χ4n) is 5.67. The largest absolute Gasteiger partial charge is 0.349 e. The molecule has 2 unspecified atom stereocenters. The molecule has 3 aromatic rings. The lowest BCUT2D eigenvalue weighted by molar-refractivity contribution is 0.430. The Morgan fingerprint density at radius 1 is 0.854 bits per heavy atom. The second kappa shape index (κ2) is 12.4. The van der Waals surface area contributed by atoms with Crippen molar-refractivity contribution in [2.75, 3.05) is 11.9 Å². The molecule has 0 amide bonds. The number of allylic oxidation sites excluding steroid dienone is 7. The summed E-state index contributed by atoms with van der Waals surface area (Å²) < 4.78 is 0. The number of fused-ring (bicyclic) bond motifs is 3. The number of nitrogens with zero attached hydrogens (tertiary/aromatic N) is 3. The number of amidine groups is 1. The first-order chi connectivity index (χ1) is 20.2. The molecule has 3 heteroatoms. The van der Waals surface area contributed by atoms with Crippen molar-refractivity contribution in [1.82, 2.24) is 4.90 Å². The highest BCUT2D eigenvalue weighted by atomic mass is 15.2. The van der Waals surface area contributed by atoms with Gasteiger partial charge in [0.25, 0.3) is 0 Å². The van der Waals surface area contributed by atoms with E-state index in [-0.39, 0.29) is 12.1 Å². The molecule has 2 heterocycles. The highest BCUT2D eigenvalue weighted by Crippen LogP contribution is 2.41. The molecule has 2 bridgehead atoms. The van der Waals surface area contributed by atoms with Crippen molar-refractivity contribution in [3.05, 3.63) is 162 Å². The van der Waals surface area contributed by atoms with E-state index in [0.717, 1.165) is 28.4 Å². The molecule has 202 valence electrons. The summed E-state index contributed by atoms with van der Waals surface area (Å²) in [5.41, 5.74) is 9.41. The van der Waals surface area contributed by atoms with Crippen molar-refractivity contribution >= 4 is 22.8 Å². The molecule has 3 aliphatic rings. The van der Waals surface area contributed by atoms with Gasteiger partial charge in [-0.3, -0.25) is 0 Å². The number of anilines is 2. The van der Waals surface area contributed by atoms with Gasteiger partial charge in [-0.1, -0.05) is 91.1 Å². The molecule has 6 rings (SSSR count). The van der Waals surface area contributed by atoms with Crippen LogP contribution in [0, 0.1) is 12.8 Å². The summed E-state index contributed by atoms with van der Waals surface area (Å²) in [7, 11) is 2.14. The van der Waals surface area contributed by atoms with Gasteiger partial charge in [0.15, 0.2) is 0 Å². The van der Waals surface area contributed by atoms with Crippen LogP contribution in [0.2, 0.25) is 0 Å². The van der Waals surface area contributed by atoms with Crippen LogP contribution in [0.15, 0.2) is 150 Å². The van der Waals surface area contributed by atoms with Crippen LogP contribution in [-0.2, 0) is 0 Å². The smallest absolute Gasteiger partial charge is 0.137 e. The average Bonchev–Trinajstić information content (AvgIpc) is 3.25. The predicted octanol–water partition coefficient (Wildman–Crippen LogP) is 8.81. The molecule has 0 saturated heterocycles. The average molecular weight is 534 g/mol. The molecule has 0 saturated carbocycles. The van der Waals surface area contributed by atoms with E-state index in [1.54, 1.807) is 0 Å². The third-order valence-electron chi connectivity index (χ3n) is 7.61. The van der Waals surface area contributed by atoms with Gasteiger partial charge in [0, 0.05) is 29.5 Å². The molecular weight excluding hydrogens is 498 g/mol. The van der Waals surface area contributed by atoms with E-state index in [1.165, 1.54) is 22.4 Å². The standard InChI is InChI=1S/C36H33N3.C2H2/c1-4-13-26(5-2)33-25-35(27-14-7-6-8-15-27)38(3)36(37-33)28-20-22-30(23-21-28)39-31-17-10-9-16-29(24-31)32-18-11-12-19-34(32)39;1-2/h4-25,31,35H,1-3H3;1-2H/b13-4-,26-5+;. The Morgan fingerprint density at radius 2 is 1.59 bits per heavy atom. The van der Waals surface area contributed by atoms with Gasteiger partial charge in [-0.15, -0.1) is 12.8 Å². The van der Waals surface area contributed by atoms with E-state index < -0.39 is 0 Å². The fraction of sp³-hybridized carbons (Fsp3) is 0.132. The van der Waals surface area contributed by atoms with Crippen molar-refractivity contribution in [1.29, 1.82) is 0 Å². The highest BCUT2D eigenvalue weighted by Gasteiger charge is 2.28. The SMILES string of the molecule is C#C.C/C=C\C(=C/C)C1=CC(c2ccccc2)N(C)C(c2ccc(N3c4ccccc4C4=CC3C=CC=C4)cc2)=N1. The van der Waals surface area contributed by atoms with Gasteiger partial charge in [-0.2, -0.15) is 0 Å². The minimum Gasteiger partial charge on any atom is -0.349 e. The van der Waals surface area contributed by atoms with Gasteiger partial charge in [-0.25, -0.2) is 4.99 Å². The van der Waals surface area contributed by atoms with E-state index in [2.05, 4.69) is 170 Å². The molecule has 0 N–H and O–H groups in total. The molecule has 3 aromatic carbocycles. The minimum atomic E-state index is 0.0924. The monoisotopic (exact) mass is 533 g/mol. The molecule has 0 radical (unpaired) electrons. The summed E-state index contributed by atoms with van der Waals surface area (Å²) in [6, 6.07) is 28.5. The quantitative estimate of drug-likeness (QED) is 0.241. The molecule has 0 aromatic heterocycles. The summed E-state index contributed by atoms with van der Waals surface area (Å²) in [6.07, 6.45) is 27.7. The van der Waals surface area contributed by atoms with Crippen molar-refractivity contribution in [3.63, 3.8) is 0 Å². The van der Waals surface area contributed by atoms with Crippen LogP contribution in [0.5, 0.6) is 0 Å². The van der Waals surface area contributed by atoms with E-state index in [0.29, 0.717) is 0 Å².